The molecule has 3 aromatic rings. The fraction of sp³-hybridized carbons (Fsp3) is 0.0909. The Hall–Kier alpha value is -2.64. The van der Waals surface area contributed by atoms with Crippen LogP contribution in [-0.2, 0) is 6.61 Å². The zero-order chi connectivity index (χ0) is 20.6. The Morgan fingerprint density at radius 1 is 1.03 bits per heavy atom. The van der Waals surface area contributed by atoms with Crippen molar-refractivity contribution >= 4 is 44.0 Å². The van der Waals surface area contributed by atoms with E-state index in [9.17, 15) is 4.79 Å². The third-order valence-electron chi connectivity index (χ3n) is 3.98. The van der Waals surface area contributed by atoms with E-state index in [4.69, 9.17) is 9.47 Å². The molecule has 0 fully saturated rings. The van der Waals surface area contributed by atoms with Crippen LogP contribution in [-0.4, -0.2) is 19.2 Å². The molecule has 0 bridgehead atoms. The number of hydrogen-bond donors (Lipinski definition) is 1. The number of ether oxygens (including phenoxy) is 2. The van der Waals surface area contributed by atoms with Gasteiger partial charge in [-0.25, -0.2) is 5.43 Å². The van der Waals surface area contributed by atoms with E-state index in [1.54, 1.807) is 24.4 Å². The van der Waals surface area contributed by atoms with Gasteiger partial charge in [0.1, 0.15) is 6.61 Å². The molecule has 0 unspecified atom stereocenters. The molecule has 1 amide bonds. The lowest BCUT2D eigenvalue weighted by Crippen LogP contribution is -2.17. The fourth-order valence-corrected chi connectivity index (χ4v) is 3.35. The van der Waals surface area contributed by atoms with Crippen molar-refractivity contribution in [2.24, 2.45) is 5.10 Å². The minimum absolute atomic E-state index is 0.342. The van der Waals surface area contributed by atoms with E-state index in [0.29, 0.717) is 23.7 Å². The zero-order valence-corrected chi connectivity index (χ0v) is 18.7. The molecule has 1 N–H and O–H groups in total. The van der Waals surface area contributed by atoms with Crippen LogP contribution in [0.25, 0.3) is 0 Å². The Morgan fingerprint density at radius 3 is 2.62 bits per heavy atom. The first-order valence-electron chi connectivity index (χ1n) is 8.70. The summed E-state index contributed by atoms with van der Waals surface area (Å²) in [6.45, 7) is 0.386. The molecule has 0 atom stereocenters. The molecule has 3 aromatic carbocycles. The number of nitrogens with zero attached hydrogens (tertiary/aromatic N) is 1. The molecule has 0 radical (unpaired) electrons. The average Bonchev–Trinajstić information content (AvgIpc) is 2.73. The lowest BCUT2D eigenvalue weighted by Gasteiger charge is -2.12. The van der Waals surface area contributed by atoms with Gasteiger partial charge in [-0.1, -0.05) is 62.2 Å². The summed E-state index contributed by atoms with van der Waals surface area (Å²) in [5.74, 6) is 0.688. The van der Waals surface area contributed by atoms with Crippen LogP contribution in [0.2, 0.25) is 0 Å². The van der Waals surface area contributed by atoms with Crippen LogP contribution in [0.3, 0.4) is 0 Å². The number of halogens is 2. The zero-order valence-electron chi connectivity index (χ0n) is 15.6. The summed E-state index contributed by atoms with van der Waals surface area (Å²) < 4.78 is 13.1. The van der Waals surface area contributed by atoms with E-state index >= 15 is 0 Å². The highest BCUT2D eigenvalue weighted by molar-refractivity contribution is 9.10. The molecule has 7 heteroatoms. The Bertz CT molecular complexity index is 1040. The van der Waals surface area contributed by atoms with Gasteiger partial charge in [-0.2, -0.15) is 5.10 Å². The standard InChI is InChI=1S/C22H18Br2N2O3/c1-28-21-12-16(22(27)26-25-13-17-6-2-3-8-19(17)24)9-10-20(21)29-14-15-5-4-7-18(23)11-15/h2-13H,14H2,1H3,(H,26,27)/b25-13-. The Labute approximate surface area is 186 Å². The van der Waals surface area contributed by atoms with Gasteiger partial charge in [0.15, 0.2) is 11.5 Å². The molecule has 0 saturated heterocycles. The van der Waals surface area contributed by atoms with Crippen LogP contribution in [0, 0.1) is 0 Å². The van der Waals surface area contributed by atoms with Crippen LogP contribution in [0.4, 0.5) is 0 Å². The molecule has 0 saturated carbocycles. The molecule has 0 aromatic heterocycles. The molecule has 148 valence electrons. The monoisotopic (exact) mass is 516 g/mol. The molecule has 0 aliphatic carbocycles. The largest absolute Gasteiger partial charge is 0.493 e. The van der Waals surface area contributed by atoms with Crippen molar-refractivity contribution in [3.05, 3.63) is 92.4 Å². The first kappa shape index (κ1) is 21.1. The highest BCUT2D eigenvalue weighted by Crippen LogP contribution is 2.29. The summed E-state index contributed by atoms with van der Waals surface area (Å²) >= 11 is 6.88. The molecule has 0 spiro atoms. The molecule has 0 heterocycles. The van der Waals surface area contributed by atoms with E-state index in [-0.39, 0.29) is 5.91 Å². The lowest BCUT2D eigenvalue weighted by molar-refractivity contribution is 0.0954. The maximum absolute atomic E-state index is 12.4. The van der Waals surface area contributed by atoms with Crippen molar-refractivity contribution in [3.63, 3.8) is 0 Å². The summed E-state index contributed by atoms with van der Waals surface area (Å²) in [6.07, 6.45) is 1.58. The Balaban J connectivity index is 1.65. The van der Waals surface area contributed by atoms with Crippen LogP contribution < -0.4 is 14.9 Å². The van der Waals surface area contributed by atoms with Crippen LogP contribution in [0.1, 0.15) is 21.5 Å². The predicted octanol–water partition coefficient (Wildman–Crippen LogP) is 5.56. The number of hydrazone groups is 1. The van der Waals surface area contributed by atoms with E-state index in [1.807, 2.05) is 48.5 Å². The van der Waals surface area contributed by atoms with E-state index in [0.717, 1.165) is 20.1 Å². The lowest BCUT2D eigenvalue weighted by atomic mass is 10.2. The van der Waals surface area contributed by atoms with Crippen LogP contribution in [0.15, 0.2) is 80.8 Å². The third kappa shape index (κ3) is 5.92. The molecule has 0 aliphatic rings. The maximum Gasteiger partial charge on any atom is 0.271 e. The summed E-state index contributed by atoms with van der Waals surface area (Å²) in [6, 6.07) is 20.5. The number of nitrogens with one attached hydrogen (secondary N) is 1. The van der Waals surface area contributed by atoms with Gasteiger partial charge < -0.3 is 9.47 Å². The van der Waals surface area contributed by atoms with Gasteiger partial charge in [0, 0.05) is 20.1 Å². The van der Waals surface area contributed by atoms with Gasteiger partial charge in [0.05, 0.1) is 13.3 Å². The number of amides is 1. The van der Waals surface area contributed by atoms with Gasteiger partial charge in [-0.05, 0) is 42.0 Å². The quantitative estimate of drug-likeness (QED) is 0.329. The molecular weight excluding hydrogens is 500 g/mol. The van der Waals surface area contributed by atoms with Crippen LogP contribution in [0.5, 0.6) is 11.5 Å². The maximum atomic E-state index is 12.4. The third-order valence-corrected chi connectivity index (χ3v) is 5.20. The number of hydrogen-bond acceptors (Lipinski definition) is 4. The summed E-state index contributed by atoms with van der Waals surface area (Å²) in [7, 11) is 1.54. The SMILES string of the molecule is COc1cc(C(=O)N/N=C\c2ccccc2Br)ccc1OCc1cccc(Br)c1. The van der Waals surface area contributed by atoms with Crippen molar-refractivity contribution < 1.29 is 14.3 Å². The summed E-state index contributed by atoms with van der Waals surface area (Å²) in [5.41, 5.74) is 4.82. The predicted molar refractivity (Wildman–Crippen MR) is 121 cm³/mol. The number of methoxy groups -OCH3 is 1. The topological polar surface area (TPSA) is 59.9 Å². The minimum Gasteiger partial charge on any atom is -0.493 e. The van der Waals surface area contributed by atoms with Gasteiger partial charge >= 0.3 is 0 Å². The summed E-state index contributed by atoms with van der Waals surface area (Å²) in [4.78, 5) is 12.4. The van der Waals surface area contributed by atoms with Crippen molar-refractivity contribution in [1.29, 1.82) is 0 Å². The van der Waals surface area contributed by atoms with E-state index in [2.05, 4.69) is 42.4 Å². The first-order chi connectivity index (χ1) is 14.1. The highest BCUT2D eigenvalue weighted by Gasteiger charge is 2.11. The average molecular weight is 518 g/mol. The number of carbonyl (C=O) groups excluding carboxylic acids is 1. The second-order valence-electron chi connectivity index (χ2n) is 6.00. The number of carbonyl (C=O) groups is 1. The van der Waals surface area contributed by atoms with E-state index in [1.165, 1.54) is 7.11 Å². The van der Waals surface area contributed by atoms with Crippen molar-refractivity contribution in [1.82, 2.24) is 5.43 Å². The smallest absolute Gasteiger partial charge is 0.271 e. The van der Waals surface area contributed by atoms with E-state index < -0.39 is 0 Å². The molecular formula is C22H18Br2N2O3. The molecule has 3 rings (SSSR count). The Morgan fingerprint density at radius 2 is 1.86 bits per heavy atom. The number of benzene rings is 3. The van der Waals surface area contributed by atoms with Crippen LogP contribution >= 0.6 is 31.9 Å². The second-order valence-corrected chi connectivity index (χ2v) is 7.77. The van der Waals surface area contributed by atoms with Crippen molar-refractivity contribution in [3.8, 4) is 11.5 Å². The highest BCUT2D eigenvalue weighted by atomic mass is 79.9. The Kier molecular flexibility index (Phi) is 7.43. The summed E-state index contributed by atoms with van der Waals surface area (Å²) in [5, 5.41) is 4.01. The van der Waals surface area contributed by atoms with Gasteiger partial charge in [0.2, 0.25) is 0 Å². The van der Waals surface area contributed by atoms with Crippen molar-refractivity contribution in [2.45, 2.75) is 6.61 Å². The fourth-order valence-electron chi connectivity index (χ4n) is 2.52. The normalized spacial score (nSPS) is 10.7. The van der Waals surface area contributed by atoms with Gasteiger partial charge in [0.25, 0.3) is 5.91 Å². The first-order valence-corrected chi connectivity index (χ1v) is 10.3. The van der Waals surface area contributed by atoms with Gasteiger partial charge in [-0.15, -0.1) is 0 Å². The molecule has 0 aliphatic heterocycles. The van der Waals surface area contributed by atoms with Gasteiger partial charge in [-0.3, -0.25) is 4.79 Å². The second kappa shape index (κ2) is 10.2. The number of rotatable bonds is 7. The molecule has 29 heavy (non-hydrogen) atoms. The minimum atomic E-state index is -0.342. The molecule has 5 nitrogen and oxygen atoms in total. The van der Waals surface area contributed by atoms with Crippen molar-refractivity contribution in [2.75, 3.05) is 7.11 Å².